The van der Waals surface area contributed by atoms with E-state index in [0.717, 1.165) is 0 Å². The highest BCUT2D eigenvalue weighted by Gasteiger charge is 2.24. The van der Waals surface area contributed by atoms with E-state index >= 15 is 0 Å². The zero-order valence-electron chi connectivity index (χ0n) is 17.1. The lowest BCUT2D eigenvalue weighted by atomic mass is 10.1. The summed E-state index contributed by atoms with van der Waals surface area (Å²) in [6.07, 6.45) is 0. The van der Waals surface area contributed by atoms with Crippen LogP contribution in [0.4, 0.5) is 0 Å². The molecule has 1 aromatic heterocycles. The number of nitrogens with one attached hydrogen (secondary N) is 1. The maximum Gasteiger partial charge on any atom is 0.242 e. The van der Waals surface area contributed by atoms with E-state index in [9.17, 15) is 13.7 Å². The normalized spacial score (nSPS) is 11.4. The minimum Gasteiger partial charge on any atom is -0.230 e. The largest absolute Gasteiger partial charge is 0.242 e. The molecule has 3 aromatic carbocycles. The van der Waals surface area contributed by atoms with Gasteiger partial charge >= 0.3 is 0 Å². The van der Waals surface area contributed by atoms with Gasteiger partial charge in [-0.3, -0.25) is 0 Å². The van der Waals surface area contributed by atoms with Crippen molar-refractivity contribution in [2.24, 2.45) is 0 Å². The van der Waals surface area contributed by atoms with E-state index in [1.54, 1.807) is 48.5 Å². The van der Waals surface area contributed by atoms with Crippen molar-refractivity contribution in [2.45, 2.75) is 11.4 Å². The molecule has 0 amide bonds. The van der Waals surface area contributed by atoms with Crippen molar-refractivity contribution in [3.05, 3.63) is 98.1 Å². The third kappa shape index (κ3) is 4.93. The van der Waals surface area contributed by atoms with Gasteiger partial charge in [-0.2, -0.15) is 10.4 Å². The predicted octanol–water partition coefficient (Wildman–Crippen LogP) is 6.50. The van der Waals surface area contributed by atoms with Gasteiger partial charge in [0.15, 0.2) is 0 Å². The Balaban J connectivity index is 1.82. The zero-order valence-corrected chi connectivity index (χ0v) is 21.0. The molecule has 0 atom stereocenters. The summed E-state index contributed by atoms with van der Waals surface area (Å²) in [6, 6.07) is 20.1. The highest BCUT2D eigenvalue weighted by atomic mass is 35.5. The number of benzene rings is 3. The Morgan fingerprint density at radius 3 is 2.26 bits per heavy atom. The van der Waals surface area contributed by atoms with E-state index < -0.39 is 10.0 Å². The molecular formula is C23H14Cl4N4O2S. The molecular weight excluding hydrogens is 538 g/mol. The van der Waals surface area contributed by atoms with E-state index in [4.69, 9.17) is 46.4 Å². The van der Waals surface area contributed by atoms with Gasteiger partial charge in [0.25, 0.3) is 0 Å². The fourth-order valence-corrected chi connectivity index (χ4v) is 5.39. The summed E-state index contributed by atoms with van der Waals surface area (Å²) in [4.78, 5) is -0.177. The fourth-order valence-electron chi connectivity index (χ4n) is 3.30. The van der Waals surface area contributed by atoms with Crippen molar-refractivity contribution in [2.75, 3.05) is 0 Å². The number of nitrogens with zero attached hydrogens (tertiary/aromatic N) is 3. The first-order valence-electron chi connectivity index (χ1n) is 9.69. The van der Waals surface area contributed by atoms with Gasteiger partial charge in [0.2, 0.25) is 10.0 Å². The quantitative estimate of drug-likeness (QED) is 0.296. The molecule has 1 heterocycles. The van der Waals surface area contributed by atoms with Crippen LogP contribution in [0.25, 0.3) is 16.9 Å². The van der Waals surface area contributed by atoms with Crippen molar-refractivity contribution in [3.8, 4) is 23.0 Å². The van der Waals surface area contributed by atoms with Gasteiger partial charge in [0, 0.05) is 15.6 Å². The number of rotatable bonds is 6. The van der Waals surface area contributed by atoms with Crippen molar-refractivity contribution >= 4 is 56.4 Å². The predicted molar refractivity (Wildman–Crippen MR) is 134 cm³/mol. The van der Waals surface area contributed by atoms with E-state index in [1.807, 2.05) is 0 Å². The van der Waals surface area contributed by atoms with Gasteiger partial charge in [-0.15, -0.1) is 0 Å². The van der Waals surface area contributed by atoms with Crippen LogP contribution < -0.4 is 4.72 Å². The van der Waals surface area contributed by atoms with E-state index in [-0.39, 0.29) is 32.7 Å². The van der Waals surface area contributed by atoms with Crippen molar-refractivity contribution in [3.63, 3.8) is 0 Å². The summed E-state index contributed by atoms with van der Waals surface area (Å²) in [5.74, 6) is 0. The Morgan fingerprint density at radius 2 is 1.59 bits per heavy atom. The Bertz CT molecular complexity index is 1530. The standard InChI is InChI=1S/C23H14Cl4N4O2S/c24-15-7-5-14(6-8-15)23-17(12-28)20(30-31(23)21-4-2-1-3-18(21)26)13-29-34(32,33)22-11-16(25)9-10-19(22)27/h1-11,29H,13H2. The summed E-state index contributed by atoms with van der Waals surface area (Å²) < 4.78 is 29.8. The Hall–Kier alpha value is -2.57. The van der Waals surface area contributed by atoms with Crippen LogP contribution in [0.3, 0.4) is 0 Å². The number of nitriles is 1. The van der Waals surface area contributed by atoms with Crippen LogP contribution >= 0.6 is 46.4 Å². The Labute approximate surface area is 216 Å². The topological polar surface area (TPSA) is 87.8 Å². The minimum absolute atomic E-state index is 0.0147. The highest BCUT2D eigenvalue weighted by molar-refractivity contribution is 7.89. The van der Waals surface area contributed by atoms with E-state index in [1.165, 1.54) is 22.9 Å². The molecule has 0 spiro atoms. The van der Waals surface area contributed by atoms with Crippen LogP contribution in [0.1, 0.15) is 11.3 Å². The van der Waals surface area contributed by atoms with Crippen molar-refractivity contribution in [1.29, 1.82) is 5.26 Å². The first-order valence-corrected chi connectivity index (χ1v) is 12.7. The molecule has 0 aliphatic carbocycles. The number of hydrogen-bond donors (Lipinski definition) is 1. The van der Waals surface area contributed by atoms with Crippen LogP contribution in [-0.2, 0) is 16.6 Å². The average molecular weight is 552 g/mol. The molecule has 34 heavy (non-hydrogen) atoms. The molecule has 0 unspecified atom stereocenters. The molecule has 6 nitrogen and oxygen atoms in total. The van der Waals surface area contributed by atoms with Gasteiger partial charge < -0.3 is 0 Å². The summed E-state index contributed by atoms with van der Waals surface area (Å²) in [6.45, 7) is -0.272. The van der Waals surface area contributed by atoms with Crippen LogP contribution in [0.2, 0.25) is 20.1 Å². The van der Waals surface area contributed by atoms with Gasteiger partial charge in [-0.05, 0) is 42.5 Å². The lowest BCUT2D eigenvalue weighted by molar-refractivity contribution is 0.580. The third-order valence-electron chi connectivity index (χ3n) is 4.88. The molecule has 11 heteroatoms. The molecule has 0 saturated heterocycles. The van der Waals surface area contributed by atoms with Gasteiger partial charge in [-0.25, -0.2) is 17.8 Å². The van der Waals surface area contributed by atoms with Gasteiger partial charge in [-0.1, -0.05) is 70.7 Å². The van der Waals surface area contributed by atoms with E-state index in [0.29, 0.717) is 27.0 Å². The molecule has 0 saturated carbocycles. The lowest BCUT2D eigenvalue weighted by Gasteiger charge is -2.09. The molecule has 0 fully saturated rings. The minimum atomic E-state index is -4.05. The van der Waals surface area contributed by atoms with E-state index in [2.05, 4.69) is 15.9 Å². The smallest absolute Gasteiger partial charge is 0.230 e. The second kappa shape index (κ2) is 9.96. The number of halogens is 4. The second-order valence-corrected chi connectivity index (χ2v) is 10.5. The van der Waals surface area contributed by atoms with Crippen molar-refractivity contribution in [1.82, 2.24) is 14.5 Å². The average Bonchev–Trinajstić information content (AvgIpc) is 3.18. The van der Waals surface area contributed by atoms with Gasteiger partial charge in [0.05, 0.1) is 33.7 Å². The van der Waals surface area contributed by atoms with Crippen LogP contribution in [0, 0.1) is 11.3 Å². The molecule has 0 radical (unpaired) electrons. The molecule has 0 bridgehead atoms. The summed E-state index contributed by atoms with van der Waals surface area (Å²) in [5, 5.41) is 15.7. The monoisotopic (exact) mass is 550 g/mol. The number of aromatic nitrogens is 2. The highest BCUT2D eigenvalue weighted by Crippen LogP contribution is 2.32. The van der Waals surface area contributed by atoms with Crippen LogP contribution in [0.15, 0.2) is 71.6 Å². The maximum atomic E-state index is 12.9. The molecule has 1 N–H and O–H groups in total. The summed E-state index contributed by atoms with van der Waals surface area (Å²) >= 11 is 24.5. The zero-order chi connectivity index (χ0) is 24.5. The molecule has 172 valence electrons. The summed E-state index contributed by atoms with van der Waals surface area (Å²) in [5.41, 5.74) is 2.01. The SMILES string of the molecule is N#Cc1c(CNS(=O)(=O)c2cc(Cl)ccc2Cl)nn(-c2ccccc2Cl)c1-c1ccc(Cl)cc1. The van der Waals surface area contributed by atoms with Crippen LogP contribution in [0.5, 0.6) is 0 Å². The lowest BCUT2D eigenvalue weighted by Crippen LogP contribution is -2.24. The molecule has 0 aliphatic heterocycles. The second-order valence-electron chi connectivity index (χ2n) is 7.05. The number of hydrogen-bond acceptors (Lipinski definition) is 4. The number of sulfonamides is 1. The van der Waals surface area contributed by atoms with Crippen molar-refractivity contribution < 1.29 is 8.42 Å². The molecule has 4 aromatic rings. The third-order valence-corrected chi connectivity index (χ3v) is 7.57. The Morgan fingerprint density at radius 1 is 0.912 bits per heavy atom. The molecule has 4 rings (SSSR count). The first kappa shape index (κ1) is 24.6. The van der Waals surface area contributed by atoms with Crippen LogP contribution in [-0.4, -0.2) is 18.2 Å². The number of para-hydroxylation sites is 1. The molecule has 0 aliphatic rings. The fraction of sp³-hybridized carbons (Fsp3) is 0.0435. The Kier molecular flexibility index (Phi) is 7.20. The first-order chi connectivity index (χ1) is 16.2. The van der Waals surface area contributed by atoms with Gasteiger partial charge in [0.1, 0.15) is 16.5 Å². The maximum absolute atomic E-state index is 12.9. The summed E-state index contributed by atoms with van der Waals surface area (Å²) in [7, 11) is -4.05.